The zero-order chi connectivity index (χ0) is 38.1. The van der Waals surface area contributed by atoms with Gasteiger partial charge < -0.3 is 41.0 Å². The normalized spacial score (nSPS) is 35.2. The first-order valence-corrected chi connectivity index (χ1v) is 18.7. The van der Waals surface area contributed by atoms with E-state index in [9.17, 15) is 29.1 Å². The fraction of sp³-hybridized carbons (Fsp3) is 0.615. The summed E-state index contributed by atoms with van der Waals surface area (Å²) in [6, 6.07) is 6.20. The number of alkyl halides is 1. The number of aliphatic hydroxyl groups excluding tert-OH is 1. The Morgan fingerprint density at radius 3 is 2.57 bits per heavy atom. The fourth-order valence-corrected chi connectivity index (χ4v) is 10.0. The SMILES string of the molecule is CCCC1O[C@@H]2C[C@H]3C4C[C@H](F)C5=CC(=O)C=C[C@]5(C)C4[C@@H](O)C[C@]3(C)[C@]2(C(=O)CNC(=O)OCc2ccc(NC(=O)CCCCNC(N)=O)cc2)O1. The Labute approximate surface area is 308 Å². The molecule has 13 nitrogen and oxygen atoms in total. The van der Waals surface area contributed by atoms with Crippen molar-refractivity contribution in [1.82, 2.24) is 10.6 Å². The molecule has 0 bridgehead atoms. The summed E-state index contributed by atoms with van der Waals surface area (Å²) in [7, 11) is 0. The molecular weight excluding hydrogens is 687 g/mol. The molecule has 53 heavy (non-hydrogen) atoms. The van der Waals surface area contributed by atoms with Gasteiger partial charge in [-0.15, -0.1) is 0 Å². The molecule has 6 rings (SSSR count). The third kappa shape index (κ3) is 7.25. The molecule has 4 amide bonds. The van der Waals surface area contributed by atoms with Crippen molar-refractivity contribution in [2.45, 2.75) is 109 Å². The van der Waals surface area contributed by atoms with Crippen LogP contribution in [0.4, 0.5) is 19.7 Å². The van der Waals surface area contributed by atoms with Crippen LogP contribution in [0.1, 0.15) is 77.7 Å². The van der Waals surface area contributed by atoms with Crippen LogP contribution in [0.2, 0.25) is 0 Å². The predicted molar refractivity (Wildman–Crippen MR) is 191 cm³/mol. The number of benzene rings is 1. The molecule has 0 spiro atoms. The summed E-state index contributed by atoms with van der Waals surface area (Å²) in [5, 5.41) is 19.7. The first-order valence-electron chi connectivity index (χ1n) is 18.7. The largest absolute Gasteiger partial charge is 0.445 e. The molecule has 14 heteroatoms. The number of carbonyl (C=O) groups excluding carboxylic acids is 5. The van der Waals surface area contributed by atoms with E-state index in [0.29, 0.717) is 49.1 Å². The maximum absolute atomic E-state index is 15.9. The lowest BCUT2D eigenvalue weighted by atomic mass is 9.46. The van der Waals surface area contributed by atoms with E-state index in [1.54, 1.807) is 30.3 Å². The third-order valence-electron chi connectivity index (χ3n) is 12.3. The molecule has 5 aliphatic rings. The van der Waals surface area contributed by atoms with Crippen LogP contribution < -0.4 is 21.7 Å². The lowest BCUT2D eigenvalue weighted by molar-refractivity contribution is -0.200. The molecule has 3 unspecified atom stereocenters. The van der Waals surface area contributed by atoms with Gasteiger partial charge in [0.2, 0.25) is 5.91 Å². The van der Waals surface area contributed by atoms with Gasteiger partial charge in [0.25, 0.3) is 0 Å². The van der Waals surface area contributed by atoms with Crippen molar-refractivity contribution in [2.75, 3.05) is 18.4 Å². The number of ether oxygens (including phenoxy) is 3. The number of halogens is 1. The highest BCUT2D eigenvalue weighted by atomic mass is 19.1. The zero-order valence-corrected chi connectivity index (χ0v) is 30.5. The second kappa shape index (κ2) is 15.3. The molecule has 0 aromatic heterocycles. The Morgan fingerprint density at radius 1 is 1.09 bits per heavy atom. The van der Waals surface area contributed by atoms with Crippen LogP contribution in [-0.4, -0.2) is 78.1 Å². The predicted octanol–water partition coefficient (Wildman–Crippen LogP) is 4.38. The monoisotopic (exact) mass is 738 g/mol. The van der Waals surface area contributed by atoms with E-state index >= 15 is 4.39 Å². The van der Waals surface area contributed by atoms with Crippen molar-refractivity contribution in [3.05, 3.63) is 53.6 Å². The Bertz CT molecular complexity index is 1670. The van der Waals surface area contributed by atoms with Gasteiger partial charge in [-0.05, 0) is 85.8 Å². The van der Waals surface area contributed by atoms with Gasteiger partial charge in [0, 0.05) is 35.4 Å². The van der Waals surface area contributed by atoms with Crippen molar-refractivity contribution in [3.63, 3.8) is 0 Å². The number of rotatable bonds is 13. The Hall–Kier alpha value is -4.14. The summed E-state index contributed by atoms with van der Waals surface area (Å²) in [6.45, 7) is 5.74. The molecule has 288 valence electrons. The highest BCUT2D eigenvalue weighted by Gasteiger charge is 2.76. The minimum absolute atomic E-state index is 0.0816. The van der Waals surface area contributed by atoms with Crippen LogP contribution in [0.5, 0.6) is 0 Å². The second-order valence-corrected chi connectivity index (χ2v) is 15.6. The van der Waals surface area contributed by atoms with E-state index < -0.39 is 59.8 Å². The van der Waals surface area contributed by atoms with Gasteiger partial charge >= 0.3 is 12.1 Å². The van der Waals surface area contributed by atoms with Crippen molar-refractivity contribution < 1.29 is 47.7 Å². The lowest BCUT2D eigenvalue weighted by Crippen LogP contribution is -2.65. The molecular formula is C39H51FN4O9. The first-order chi connectivity index (χ1) is 25.2. The van der Waals surface area contributed by atoms with Crippen molar-refractivity contribution in [2.24, 2.45) is 34.3 Å². The average Bonchev–Trinajstić information content (AvgIpc) is 3.59. The van der Waals surface area contributed by atoms with Crippen LogP contribution in [-0.2, 0) is 35.2 Å². The summed E-state index contributed by atoms with van der Waals surface area (Å²) < 4.78 is 34.3. The number of fused-ring (bicyclic) bond motifs is 7. The minimum Gasteiger partial charge on any atom is -0.445 e. The molecule has 1 heterocycles. The molecule has 10 atom stereocenters. The molecule has 1 saturated heterocycles. The number of carbonyl (C=O) groups is 5. The standard InChI is InChI=1S/C39H51FN4O9/c1-4-7-33-52-31-18-26-25-17-28(40)27-16-24(45)13-14-37(27,2)34(25)29(46)19-38(26,3)39(31,53-33)30(47)20-43-36(50)51-21-22-9-11-23(12-10-22)44-32(48)8-5-6-15-42-35(41)49/h9-14,16,25-26,28-29,31,33-34,46H,4-8,15,17-21H2,1-3H3,(H,43,50)(H,44,48)(H3,41,42,49)/t25?,26-,28-,29-,31+,33?,34?,37-,38-,39+/m0/s1. The molecule has 4 aliphatic carbocycles. The smallest absolute Gasteiger partial charge is 0.407 e. The number of primary amides is 1. The molecule has 6 N–H and O–H groups in total. The molecule has 1 aromatic rings. The Kier molecular flexibility index (Phi) is 11.1. The second-order valence-electron chi connectivity index (χ2n) is 15.6. The molecule has 1 aromatic carbocycles. The molecule has 3 saturated carbocycles. The van der Waals surface area contributed by atoms with E-state index in [0.717, 1.165) is 6.42 Å². The van der Waals surface area contributed by atoms with Gasteiger partial charge in [0.15, 0.2) is 23.5 Å². The van der Waals surface area contributed by atoms with Crippen LogP contribution in [0.3, 0.4) is 0 Å². The summed E-state index contributed by atoms with van der Waals surface area (Å²) in [4.78, 5) is 62.4. The maximum atomic E-state index is 15.9. The number of Topliss-reactive ketones (excluding diaryl/α,β-unsaturated/α-hetero) is 1. The summed E-state index contributed by atoms with van der Waals surface area (Å²) in [5.41, 5.74) is 3.43. The summed E-state index contributed by atoms with van der Waals surface area (Å²) in [5.74, 6) is -1.71. The Morgan fingerprint density at radius 2 is 1.85 bits per heavy atom. The van der Waals surface area contributed by atoms with E-state index in [-0.39, 0.29) is 61.1 Å². The number of nitrogens with one attached hydrogen (secondary N) is 3. The van der Waals surface area contributed by atoms with Crippen LogP contribution in [0.25, 0.3) is 0 Å². The highest BCUT2D eigenvalue weighted by Crippen LogP contribution is 2.70. The lowest BCUT2D eigenvalue weighted by Gasteiger charge is -2.60. The van der Waals surface area contributed by atoms with Crippen LogP contribution in [0.15, 0.2) is 48.1 Å². The van der Waals surface area contributed by atoms with E-state index in [1.165, 1.54) is 12.2 Å². The van der Waals surface area contributed by atoms with Crippen LogP contribution >= 0.6 is 0 Å². The minimum atomic E-state index is -1.47. The van der Waals surface area contributed by atoms with Gasteiger partial charge in [-0.3, -0.25) is 14.4 Å². The van der Waals surface area contributed by atoms with Crippen LogP contribution in [0, 0.1) is 28.6 Å². The topological polar surface area (TPSA) is 195 Å². The number of nitrogens with two attached hydrogens (primary N) is 1. The molecule has 0 radical (unpaired) electrons. The molecule has 1 aliphatic heterocycles. The summed E-state index contributed by atoms with van der Waals surface area (Å²) >= 11 is 0. The van der Waals surface area contributed by atoms with Gasteiger partial charge in [0.05, 0.1) is 18.8 Å². The zero-order valence-electron chi connectivity index (χ0n) is 30.5. The quantitative estimate of drug-likeness (QED) is 0.183. The van der Waals surface area contributed by atoms with Crippen molar-refractivity contribution in [1.29, 1.82) is 0 Å². The van der Waals surface area contributed by atoms with Gasteiger partial charge in [0.1, 0.15) is 12.8 Å². The number of allylic oxidation sites excluding steroid dienone is 4. The number of ketones is 2. The van der Waals surface area contributed by atoms with E-state index in [4.69, 9.17) is 19.9 Å². The number of urea groups is 1. The fourth-order valence-electron chi connectivity index (χ4n) is 10.0. The van der Waals surface area contributed by atoms with Crippen molar-refractivity contribution >= 4 is 35.3 Å². The number of anilines is 1. The van der Waals surface area contributed by atoms with Gasteiger partial charge in [-0.1, -0.05) is 45.4 Å². The first kappa shape index (κ1) is 38.6. The molecule has 4 fully saturated rings. The number of alkyl carbamates (subject to hydrolysis) is 1. The number of amides is 4. The van der Waals surface area contributed by atoms with Crippen molar-refractivity contribution in [3.8, 4) is 0 Å². The van der Waals surface area contributed by atoms with E-state index in [1.807, 2.05) is 20.8 Å². The number of hydrogen-bond acceptors (Lipinski definition) is 9. The highest BCUT2D eigenvalue weighted by molar-refractivity contribution is 6.01. The van der Waals surface area contributed by atoms with Gasteiger partial charge in [-0.25, -0.2) is 14.0 Å². The number of aliphatic hydroxyl groups is 1. The van der Waals surface area contributed by atoms with E-state index in [2.05, 4.69) is 16.0 Å². The number of unbranched alkanes of at least 4 members (excludes halogenated alkanes) is 1. The summed E-state index contributed by atoms with van der Waals surface area (Å²) in [6.07, 6.45) is 3.77. The number of hydrogen-bond donors (Lipinski definition) is 5. The third-order valence-corrected chi connectivity index (χ3v) is 12.3. The Balaban J connectivity index is 1.08. The average molecular weight is 739 g/mol. The maximum Gasteiger partial charge on any atom is 0.407 e. The van der Waals surface area contributed by atoms with Gasteiger partial charge in [-0.2, -0.15) is 0 Å².